The maximum absolute atomic E-state index is 11.5. The number of rotatable bonds is 6. The van der Waals surface area contributed by atoms with E-state index in [0.29, 0.717) is 0 Å². The molecule has 0 aliphatic heterocycles. The quantitative estimate of drug-likeness (QED) is 0.849. The number of aliphatic carboxylic acids is 1. The Bertz CT molecular complexity index is 682. The van der Waals surface area contributed by atoms with Gasteiger partial charge in [-0.25, -0.2) is 4.79 Å². The van der Waals surface area contributed by atoms with E-state index in [9.17, 15) is 9.59 Å². The number of carbonyl (C=O) groups excluding carboxylic acids is 1. The lowest BCUT2D eigenvalue weighted by molar-refractivity contribution is -0.138. The smallest absolute Gasteiger partial charge is 0.407 e. The fourth-order valence-corrected chi connectivity index (χ4v) is 2.21. The Labute approximate surface area is 141 Å². The SMILES string of the molecule is CC(COC(=O)N[C@@H](C)C(=O)O)c1ccc(-c2ccccc2)cc1. The van der Waals surface area contributed by atoms with Crippen LogP contribution < -0.4 is 5.32 Å². The van der Waals surface area contributed by atoms with E-state index >= 15 is 0 Å². The van der Waals surface area contributed by atoms with Crippen LogP contribution in [0.15, 0.2) is 54.6 Å². The van der Waals surface area contributed by atoms with Crippen molar-refractivity contribution in [2.24, 2.45) is 0 Å². The zero-order valence-corrected chi connectivity index (χ0v) is 13.7. The lowest BCUT2D eigenvalue weighted by Crippen LogP contribution is -2.39. The molecule has 2 aromatic rings. The first-order chi connectivity index (χ1) is 11.5. The standard InChI is InChI=1S/C19H21NO4/c1-13(12-24-19(23)20-14(2)18(21)22)15-8-10-17(11-9-15)16-6-4-3-5-7-16/h3-11,13-14H,12H2,1-2H3,(H,20,23)(H,21,22)/t13?,14-/m0/s1. The summed E-state index contributed by atoms with van der Waals surface area (Å²) in [5, 5.41) is 11.0. The van der Waals surface area contributed by atoms with Gasteiger partial charge in [0, 0.05) is 5.92 Å². The molecular formula is C19H21NO4. The highest BCUT2D eigenvalue weighted by Crippen LogP contribution is 2.22. The maximum atomic E-state index is 11.5. The first-order valence-corrected chi connectivity index (χ1v) is 7.79. The van der Waals surface area contributed by atoms with E-state index < -0.39 is 18.1 Å². The van der Waals surface area contributed by atoms with Crippen LogP contribution in [0.5, 0.6) is 0 Å². The predicted octanol–water partition coefficient (Wildman–Crippen LogP) is 3.66. The number of hydrogen-bond acceptors (Lipinski definition) is 3. The molecule has 0 bridgehead atoms. The molecule has 0 saturated carbocycles. The van der Waals surface area contributed by atoms with Gasteiger partial charge in [0.05, 0.1) is 6.61 Å². The van der Waals surface area contributed by atoms with Gasteiger partial charge in [0.1, 0.15) is 6.04 Å². The first-order valence-electron chi connectivity index (χ1n) is 7.79. The summed E-state index contributed by atoms with van der Waals surface area (Å²) in [6.45, 7) is 3.52. The second kappa shape index (κ2) is 8.15. The van der Waals surface area contributed by atoms with E-state index in [0.717, 1.165) is 16.7 Å². The van der Waals surface area contributed by atoms with Crippen molar-refractivity contribution in [3.05, 3.63) is 60.2 Å². The van der Waals surface area contributed by atoms with Crippen molar-refractivity contribution < 1.29 is 19.4 Å². The van der Waals surface area contributed by atoms with Gasteiger partial charge in [-0.2, -0.15) is 0 Å². The molecule has 0 radical (unpaired) electrons. The number of nitrogens with one attached hydrogen (secondary N) is 1. The van der Waals surface area contributed by atoms with E-state index in [1.807, 2.05) is 49.4 Å². The molecule has 5 nitrogen and oxygen atoms in total. The van der Waals surface area contributed by atoms with Crippen molar-refractivity contribution in [3.63, 3.8) is 0 Å². The minimum atomic E-state index is -1.10. The number of carboxylic acids is 1. The Hall–Kier alpha value is -2.82. The molecule has 0 saturated heterocycles. The Morgan fingerprint density at radius 1 is 1.00 bits per heavy atom. The minimum absolute atomic E-state index is 0.0145. The highest BCUT2D eigenvalue weighted by molar-refractivity contribution is 5.79. The zero-order chi connectivity index (χ0) is 17.5. The van der Waals surface area contributed by atoms with Gasteiger partial charge >= 0.3 is 12.1 Å². The highest BCUT2D eigenvalue weighted by Gasteiger charge is 2.16. The Morgan fingerprint density at radius 2 is 1.58 bits per heavy atom. The van der Waals surface area contributed by atoms with Gasteiger partial charge in [-0.1, -0.05) is 61.5 Å². The average molecular weight is 327 g/mol. The molecule has 2 rings (SSSR count). The molecule has 0 aliphatic rings. The molecule has 24 heavy (non-hydrogen) atoms. The number of ether oxygens (including phenoxy) is 1. The molecule has 5 heteroatoms. The molecule has 2 N–H and O–H groups in total. The molecule has 0 heterocycles. The van der Waals surface area contributed by atoms with Crippen LogP contribution >= 0.6 is 0 Å². The fraction of sp³-hybridized carbons (Fsp3) is 0.263. The number of amides is 1. The van der Waals surface area contributed by atoms with Crippen LogP contribution in [0.2, 0.25) is 0 Å². The van der Waals surface area contributed by atoms with Crippen molar-refractivity contribution >= 4 is 12.1 Å². The van der Waals surface area contributed by atoms with Crippen LogP contribution in [0.3, 0.4) is 0 Å². The third-order valence-electron chi connectivity index (χ3n) is 3.76. The molecule has 2 aromatic carbocycles. The molecular weight excluding hydrogens is 306 g/mol. The van der Waals surface area contributed by atoms with Gasteiger partial charge in [0.15, 0.2) is 0 Å². The van der Waals surface area contributed by atoms with E-state index in [4.69, 9.17) is 9.84 Å². The number of benzene rings is 2. The summed E-state index contributed by atoms with van der Waals surface area (Å²) in [7, 11) is 0. The highest BCUT2D eigenvalue weighted by atomic mass is 16.5. The second-order valence-electron chi connectivity index (χ2n) is 5.69. The van der Waals surface area contributed by atoms with Crippen LogP contribution in [0.4, 0.5) is 4.79 Å². The summed E-state index contributed by atoms with van der Waals surface area (Å²) in [5.41, 5.74) is 3.32. The van der Waals surface area contributed by atoms with Crippen LogP contribution in [0, 0.1) is 0 Å². The lowest BCUT2D eigenvalue weighted by Gasteiger charge is -2.15. The van der Waals surface area contributed by atoms with Gasteiger partial charge in [0.2, 0.25) is 0 Å². The number of alkyl carbamates (subject to hydrolysis) is 1. The Balaban J connectivity index is 1.90. The zero-order valence-electron chi connectivity index (χ0n) is 13.7. The third kappa shape index (κ3) is 4.84. The molecule has 0 fully saturated rings. The van der Waals surface area contributed by atoms with Gasteiger partial charge in [0.25, 0.3) is 0 Å². The molecule has 0 aromatic heterocycles. The molecule has 0 spiro atoms. The summed E-state index contributed by atoms with van der Waals surface area (Å²) in [6, 6.07) is 17.2. The largest absolute Gasteiger partial charge is 0.480 e. The van der Waals surface area contributed by atoms with Gasteiger partial charge in [-0.15, -0.1) is 0 Å². The summed E-state index contributed by atoms with van der Waals surface area (Å²) in [6.07, 6.45) is -0.724. The lowest BCUT2D eigenvalue weighted by atomic mass is 9.98. The Morgan fingerprint density at radius 3 is 2.17 bits per heavy atom. The summed E-state index contributed by atoms with van der Waals surface area (Å²) >= 11 is 0. The van der Waals surface area contributed by atoms with E-state index in [1.165, 1.54) is 6.92 Å². The monoisotopic (exact) mass is 327 g/mol. The van der Waals surface area contributed by atoms with Crippen molar-refractivity contribution in [2.45, 2.75) is 25.8 Å². The van der Waals surface area contributed by atoms with Crippen molar-refractivity contribution in [1.82, 2.24) is 5.32 Å². The van der Waals surface area contributed by atoms with Crippen molar-refractivity contribution in [3.8, 4) is 11.1 Å². The fourth-order valence-electron chi connectivity index (χ4n) is 2.21. The number of carboxylic acid groups (broad SMARTS) is 1. The van der Waals surface area contributed by atoms with Gasteiger partial charge in [-0.3, -0.25) is 4.79 Å². The molecule has 2 atom stereocenters. The van der Waals surface area contributed by atoms with Gasteiger partial charge < -0.3 is 15.2 Å². The predicted molar refractivity (Wildman–Crippen MR) is 91.9 cm³/mol. The average Bonchev–Trinajstić information content (AvgIpc) is 2.60. The number of carbonyl (C=O) groups is 2. The molecule has 0 aliphatic carbocycles. The third-order valence-corrected chi connectivity index (χ3v) is 3.76. The van der Waals surface area contributed by atoms with Crippen LogP contribution in [-0.2, 0) is 9.53 Å². The van der Waals surface area contributed by atoms with Crippen LogP contribution in [-0.4, -0.2) is 29.8 Å². The first kappa shape index (κ1) is 17.5. The minimum Gasteiger partial charge on any atom is -0.480 e. The molecule has 1 unspecified atom stereocenters. The Kier molecular flexibility index (Phi) is 5.95. The topological polar surface area (TPSA) is 75.6 Å². The van der Waals surface area contributed by atoms with E-state index in [-0.39, 0.29) is 12.5 Å². The van der Waals surface area contributed by atoms with Crippen LogP contribution in [0.25, 0.3) is 11.1 Å². The normalized spacial score (nSPS) is 12.9. The molecule has 126 valence electrons. The second-order valence-corrected chi connectivity index (χ2v) is 5.69. The van der Waals surface area contributed by atoms with E-state index in [1.54, 1.807) is 0 Å². The summed E-state index contributed by atoms with van der Waals surface area (Å²) in [5.74, 6) is -1.09. The van der Waals surface area contributed by atoms with Crippen LogP contribution in [0.1, 0.15) is 25.3 Å². The number of hydrogen-bond donors (Lipinski definition) is 2. The molecule has 1 amide bonds. The van der Waals surface area contributed by atoms with Crippen molar-refractivity contribution in [2.75, 3.05) is 6.61 Å². The maximum Gasteiger partial charge on any atom is 0.407 e. The van der Waals surface area contributed by atoms with E-state index in [2.05, 4.69) is 17.4 Å². The summed E-state index contributed by atoms with van der Waals surface area (Å²) in [4.78, 5) is 22.2. The summed E-state index contributed by atoms with van der Waals surface area (Å²) < 4.78 is 5.08. The van der Waals surface area contributed by atoms with Crippen molar-refractivity contribution in [1.29, 1.82) is 0 Å². The van der Waals surface area contributed by atoms with Gasteiger partial charge in [-0.05, 0) is 23.6 Å².